The van der Waals surface area contributed by atoms with Crippen LogP contribution in [-0.2, 0) is 4.79 Å². The Balaban J connectivity index is 1.67. The van der Waals surface area contributed by atoms with Crippen LogP contribution in [0.25, 0.3) is 11.3 Å². The van der Waals surface area contributed by atoms with Gasteiger partial charge in [0.25, 0.3) is 5.91 Å². The van der Waals surface area contributed by atoms with Crippen LogP contribution in [0.1, 0.15) is 58.9 Å². The van der Waals surface area contributed by atoms with E-state index < -0.39 is 0 Å². The van der Waals surface area contributed by atoms with E-state index in [0.717, 1.165) is 35.4 Å². The van der Waals surface area contributed by atoms with Crippen LogP contribution < -0.4 is 5.32 Å². The van der Waals surface area contributed by atoms with Crippen molar-refractivity contribution in [3.05, 3.63) is 58.8 Å². The molecule has 2 amide bonds. The van der Waals surface area contributed by atoms with Crippen LogP contribution in [0.2, 0.25) is 0 Å². The first-order valence-corrected chi connectivity index (χ1v) is 10.3. The summed E-state index contributed by atoms with van der Waals surface area (Å²) in [5.74, 6) is 1.07. The number of carbonyl (C=O) groups is 2. The van der Waals surface area contributed by atoms with Gasteiger partial charge in [-0.1, -0.05) is 5.16 Å². The number of hydrogen-bond acceptors (Lipinski definition) is 6. The SMILES string of the molecule is CC(=O)Nc1ccc(C(=O)N2CCC[C@H]2c2nc(C)ncc2-c2onc(C)c2C)cc1. The van der Waals surface area contributed by atoms with Gasteiger partial charge in [0.05, 0.1) is 23.0 Å². The lowest BCUT2D eigenvalue weighted by Gasteiger charge is -2.26. The summed E-state index contributed by atoms with van der Waals surface area (Å²) in [5.41, 5.74) is 4.55. The van der Waals surface area contributed by atoms with Gasteiger partial charge in [-0.25, -0.2) is 9.97 Å². The van der Waals surface area contributed by atoms with Gasteiger partial charge in [-0.3, -0.25) is 9.59 Å². The molecule has 0 radical (unpaired) electrons. The van der Waals surface area contributed by atoms with Crippen molar-refractivity contribution in [3.8, 4) is 11.3 Å². The zero-order chi connectivity index (χ0) is 22.1. The van der Waals surface area contributed by atoms with Crippen molar-refractivity contribution in [1.82, 2.24) is 20.0 Å². The second-order valence-corrected chi connectivity index (χ2v) is 7.85. The van der Waals surface area contributed by atoms with Crippen molar-refractivity contribution in [1.29, 1.82) is 0 Å². The number of amides is 2. The minimum atomic E-state index is -0.177. The molecule has 1 saturated heterocycles. The number of aryl methyl sites for hydroxylation is 2. The van der Waals surface area contributed by atoms with Crippen molar-refractivity contribution >= 4 is 17.5 Å². The highest BCUT2D eigenvalue weighted by molar-refractivity contribution is 5.96. The van der Waals surface area contributed by atoms with E-state index in [4.69, 9.17) is 9.51 Å². The molecule has 1 aliphatic heterocycles. The number of likely N-dealkylation sites (tertiary alicyclic amines) is 1. The fourth-order valence-corrected chi connectivity index (χ4v) is 3.94. The van der Waals surface area contributed by atoms with E-state index in [1.807, 2.05) is 25.7 Å². The number of rotatable bonds is 4. The van der Waals surface area contributed by atoms with Gasteiger partial charge in [-0.05, 0) is 57.9 Å². The Bertz CT molecular complexity index is 1140. The Labute approximate surface area is 180 Å². The third-order valence-corrected chi connectivity index (χ3v) is 5.62. The lowest BCUT2D eigenvalue weighted by atomic mass is 10.0. The van der Waals surface area contributed by atoms with Gasteiger partial charge < -0.3 is 14.7 Å². The normalized spacial score (nSPS) is 15.9. The largest absolute Gasteiger partial charge is 0.356 e. The van der Waals surface area contributed by atoms with E-state index in [9.17, 15) is 9.59 Å². The molecule has 0 unspecified atom stereocenters. The van der Waals surface area contributed by atoms with Gasteiger partial charge in [0.2, 0.25) is 5.91 Å². The second kappa shape index (κ2) is 8.29. The third kappa shape index (κ3) is 4.05. The molecule has 8 nitrogen and oxygen atoms in total. The van der Waals surface area contributed by atoms with Crippen LogP contribution in [0.3, 0.4) is 0 Å². The number of nitrogens with one attached hydrogen (secondary N) is 1. The molecular weight excluding hydrogens is 394 g/mol. The predicted molar refractivity (Wildman–Crippen MR) is 115 cm³/mol. The molecule has 8 heteroatoms. The summed E-state index contributed by atoms with van der Waals surface area (Å²) in [4.78, 5) is 35.5. The summed E-state index contributed by atoms with van der Waals surface area (Å²) in [6.45, 7) is 7.79. The molecule has 0 aliphatic carbocycles. The maximum absolute atomic E-state index is 13.3. The van der Waals surface area contributed by atoms with Crippen LogP contribution in [0.4, 0.5) is 5.69 Å². The molecule has 0 spiro atoms. The van der Waals surface area contributed by atoms with Gasteiger partial charge in [-0.2, -0.15) is 0 Å². The maximum atomic E-state index is 13.3. The Kier molecular flexibility index (Phi) is 5.54. The molecule has 1 atom stereocenters. The fraction of sp³-hybridized carbons (Fsp3) is 0.348. The van der Waals surface area contributed by atoms with E-state index in [1.165, 1.54) is 6.92 Å². The summed E-state index contributed by atoms with van der Waals surface area (Å²) >= 11 is 0. The standard InChI is InChI=1S/C23H25N5O3/c1-13-14(2)27-31-22(13)19-12-24-15(3)25-21(19)20-6-5-11-28(20)23(30)17-7-9-18(10-8-17)26-16(4)29/h7-10,12,20H,5-6,11H2,1-4H3,(H,26,29)/t20-/m0/s1. The Morgan fingerprint density at radius 1 is 1.16 bits per heavy atom. The molecule has 31 heavy (non-hydrogen) atoms. The lowest BCUT2D eigenvalue weighted by molar-refractivity contribution is -0.114. The number of aromatic nitrogens is 3. The molecule has 0 saturated carbocycles. The first-order valence-electron chi connectivity index (χ1n) is 10.3. The molecule has 160 valence electrons. The van der Waals surface area contributed by atoms with Gasteiger partial charge in [0.1, 0.15) is 5.82 Å². The topological polar surface area (TPSA) is 101 Å². The van der Waals surface area contributed by atoms with Crippen LogP contribution in [0.5, 0.6) is 0 Å². The van der Waals surface area contributed by atoms with E-state index in [0.29, 0.717) is 29.4 Å². The van der Waals surface area contributed by atoms with Crippen LogP contribution in [-0.4, -0.2) is 38.4 Å². The average molecular weight is 419 g/mol. The fourth-order valence-electron chi connectivity index (χ4n) is 3.94. The monoisotopic (exact) mass is 419 g/mol. The zero-order valence-electron chi connectivity index (χ0n) is 18.1. The number of carbonyl (C=O) groups excluding carboxylic acids is 2. The molecule has 0 bridgehead atoms. The van der Waals surface area contributed by atoms with Crippen molar-refractivity contribution in [2.75, 3.05) is 11.9 Å². The van der Waals surface area contributed by atoms with Crippen LogP contribution in [0.15, 0.2) is 35.0 Å². The van der Waals surface area contributed by atoms with Gasteiger partial charge >= 0.3 is 0 Å². The molecule has 3 heterocycles. The van der Waals surface area contributed by atoms with E-state index in [-0.39, 0.29) is 17.9 Å². The molecular formula is C23H25N5O3. The average Bonchev–Trinajstić information content (AvgIpc) is 3.35. The molecule has 1 N–H and O–H groups in total. The number of hydrogen-bond donors (Lipinski definition) is 1. The summed E-state index contributed by atoms with van der Waals surface area (Å²) < 4.78 is 5.58. The van der Waals surface area contributed by atoms with E-state index in [1.54, 1.807) is 30.5 Å². The highest BCUT2D eigenvalue weighted by atomic mass is 16.5. The van der Waals surface area contributed by atoms with Gasteiger partial charge in [-0.15, -0.1) is 0 Å². The highest BCUT2D eigenvalue weighted by Gasteiger charge is 2.34. The molecule has 2 aromatic heterocycles. The van der Waals surface area contributed by atoms with E-state index >= 15 is 0 Å². The second-order valence-electron chi connectivity index (χ2n) is 7.85. The third-order valence-electron chi connectivity index (χ3n) is 5.62. The first kappa shape index (κ1) is 20.7. The van der Waals surface area contributed by atoms with Crippen molar-refractivity contribution < 1.29 is 14.1 Å². The molecule has 4 rings (SSSR count). The summed E-state index contributed by atoms with van der Waals surface area (Å²) in [6, 6.07) is 6.77. The van der Waals surface area contributed by atoms with Gasteiger partial charge in [0, 0.05) is 36.5 Å². The summed E-state index contributed by atoms with van der Waals surface area (Å²) in [5, 5.41) is 6.79. The van der Waals surface area contributed by atoms with Crippen LogP contribution >= 0.6 is 0 Å². The predicted octanol–water partition coefficient (Wildman–Crippen LogP) is 3.99. The molecule has 3 aromatic rings. The van der Waals surface area contributed by atoms with Crippen molar-refractivity contribution in [3.63, 3.8) is 0 Å². The summed E-state index contributed by atoms with van der Waals surface area (Å²) in [6.07, 6.45) is 3.45. The molecule has 1 aromatic carbocycles. The number of anilines is 1. The minimum Gasteiger partial charge on any atom is -0.356 e. The van der Waals surface area contributed by atoms with E-state index in [2.05, 4.69) is 15.5 Å². The van der Waals surface area contributed by atoms with Crippen molar-refractivity contribution in [2.24, 2.45) is 0 Å². The van der Waals surface area contributed by atoms with Gasteiger partial charge in [0.15, 0.2) is 5.76 Å². The number of nitrogens with zero attached hydrogens (tertiary/aromatic N) is 4. The van der Waals surface area contributed by atoms with Crippen molar-refractivity contribution in [2.45, 2.75) is 46.6 Å². The highest BCUT2D eigenvalue weighted by Crippen LogP contribution is 2.38. The summed E-state index contributed by atoms with van der Waals surface area (Å²) in [7, 11) is 0. The molecule has 1 fully saturated rings. The minimum absolute atomic E-state index is 0.0652. The molecule has 1 aliphatic rings. The van der Waals surface area contributed by atoms with Crippen LogP contribution in [0, 0.1) is 20.8 Å². The Morgan fingerprint density at radius 3 is 2.55 bits per heavy atom. The number of benzene rings is 1. The Morgan fingerprint density at radius 2 is 1.90 bits per heavy atom. The zero-order valence-corrected chi connectivity index (χ0v) is 18.1. The Hall–Kier alpha value is -3.55. The maximum Gasteiger partial charge on any atom is 0.254 e. The smallest absolute Gasteiger partial charge is 0.254 e. The lowest BCUT2D eigenvalue weighted by Crippen LogP contribution is -2.31. The quantitative estimate of drug-likeness (QED) is 0.686. The first-order chi connectivity index (χ1) is 14.8.